The van der Waals surface area contributed by atoms with E-state index in [0.29, 0.717) is 18.1 Å². The first-order valence-corrected chi connectivity index (χ1v) is 10.3. The molecule has 0 aliphatic carbocycles. The van der Waals surface area contributed by atoms with Gasteiger partial charge in [-0.05, 0) is 11.1 Å². The number of morpholine rings is 1. The first kappa shape index (κ1) is 17.4. The van der Waals surface area contributed by atoms with Crippen LogP contribution in [0, 0.1) is 0 Å². The highest BCUT2D eigenvalue weighted by molar-refractivity contribution is 5.32. The van der Waals surface area contributed by atoms with Crippen LogP contribution < -0.4 is 0 Å². The Hall–Kier alpha value is -1.72. The number of rotatable bonds is 4. The molecule has 2 aromatic carbocycles. The van der Waals surface area contributed by atoms with Crippen molar-refractivity contribution in [3.8, 4) is 0 Å². The maximum Gasteiger partial charge on any atom is 0.0634 e. The van der Waals surface area contributed by atoms with Gasteiger partial charge in [0.1, 0.15) is 0 Å². The van der Waals surface area contributed by atoms with Gasteiger partial charge >= 0.3 is 0 Å². The lowest BCUT2D eigenvalue weighted by atomic mass is 9.92. The highest BCUT2D eigenvalue weighted by atomic mass is 16.5. The average molecular weight is 364 g/mol. The highest BCUT2D eigenvalue weighted by Crippen LogP contribution is 2.34. The maximum absolute atomic E-state index is 5.71. The molecule has 4 nitrogen and oxygen atoms in total. The summed E-state index contributed by atoms with van der Waals surface area (Å²) in [6.07, 6.45) is 0. The summed E-state index contributed by atoms with van der Waals surface area (Å²) < 4.78 is 5.71. The van der Waals surface area contributed by atoms with Gasteiger partial charge in [-0.15, -0.1) is 0 Å². The van der Waals surface area contributed by atoms with Gasteiger partial charge in [-0.25, -0.2) is 0 Å². The summed E-state index contributed by atoms with van der Waals surface area (Å²) in [6.45, 7) is 8.80. The van der Waals surface area contributed by atoms with Gasteiger partial charge in [0, 0.05) is 51.4 Å². The first-order chi connectivity index (χ1) is 13.4. The Morgan fingerprint density at radius 2 is 1.33 bits per heavy atom. The Kier molecular flexibility index (Phi) is 4.97. The van der Waals surface area contributed by atoms with Gasteiger partial charge in [-0.2, -0.15) is 0 Å². The van der Waals surface area contributed by atoms with Crippen LogP contribution >= 0.6 is 0 Å². The van der Waals surface area contributed by atoms with Crippen molar-refractivity contribution in [3.63, 3.8) is 0 Å². The fourth-order valence-corrected chi connectivity index (χ4v) is 4.92. The lowest BCUT2D eigenvalue weighted by molar-refractivity contribution is -0.0756. The SMILES string of the molecule is c1ccc(C(c2ccccc2)N2CC(N3CCN4CCOCC4C3)C2)cc1. The maximum atomic E-state index is 5.71. The molecule has 0 aromatic heterocycles. The predicted octanol–water partition coefficient (Wildman–Crippen LogP) is 2.48. The lowest BCUT2D eigenvalue weighted by Gasteiger charge is -2.53. The zero-order valence-electron chi connectivity index (χ0n) is 15.9. The Morgan fingerprint density at radius 1 is 0.704 bits per heavy atom. The van der Waals surface area contributed by atoms with E-state index in [4.69, 9.17) is 4.74 Å². The van der Waals surface area contributed by atoms with E-state index < -0.39 is 0 Å². The standard InChI is InChI=1S/C23H29N3O/c1-3-7-19(8-4-1)23(20-9-5-2-6-10-20)26-15-21(16-26)25-12-11-24-13-14-27-18-22(24)17-25/h1-10,21-23H,11-18H2. The fourth-order valence-electron chi connectivity index (χ4n) is 4.92. The van der Waals surface area contributed by atoms with Crippen LogP contribution in [0.25, 0.3) is 0 Å². The minimum absolute atomic E-state index is 0.364. The van der Waals surface area contributed by atoms with Gasteiger partial charge in [0.2, 0.25) is 0 Å². The van der Waals surface area contributed by atoms with Crippen LogP contribution in [0.1, 0.15) is 17.2 Å². The van der Waals surface area contributed by atoms with Crippen molar-refractivity contribution in [1.29, 1.82) is 0 Å². The van der Waals surface area contributed by atoms with Gasteiger partial charge in [0.15, 0.2) is 0 Å². The number of likely N-dealkylation sites (tertiary alicyclic amines) is 1. The van der Waals surface area contributed by atoms with Crippen LogP contribution in [0.4, 0.5) is 0 Å². The number of hydrogen-bond donors (Lipinski definition) is 0. The van der Waals surface area contributed by atoms with Gasteiger partial charge in [-0.3, -0.25) is 14.7 Å². The van der Waals surface area contributed by atoms with Gasteiger partial charge in [-0.1, -0.05) is 60.7 Å². The van der Waals surface area contributed by atoms with Gasteiger partial charge in [0.25, 0.3) is 0 Å². The van der Waals surface area contributed by atoms with Crippen molar-refractivity contribution in [1.82, 2.24) is 14.7 Å². The summed E-state index contributed by atoms with van der Waals surface area (Å²) in [7, 11) is 0. The normalized spacial score (nSPS) is 25.3. The monoisotopic (exact) mass is 363 g/mol. The molecule has 3 aliphatic rings. The molecule has 0 saturated carbocycles. The Labute approximate surface area is 162 Å². The van der Waals surface area contributed by atoms with Gasteiger partial charge < -0.3 is 4.74 Å². The molecule has 1 atom stereocenters. The molecule has 0 bridgehead atoms. The van der Waals surface area contributed by atoms with E-state index in [-0.39, 0.29) is 0 Å². The van der Waals surface area contributed by atoms with Crippen LogP contribution in [0.3, 0.4) is 0 Å². The smallest absolute Gasteiger partial charge is 0.0634 e. The number of ether oxygens (including phenoxy) is 1. The Morgan fingerprint density at radius 3 is 2.00 bits per heavy atom. The molecule has 3 fully saturated rings. The summed E-state index contributed by atoms with van der Waals surface area (Å²) in [4.78, 5) is 7.96. The molecule has 5 rings (SSSR count). The Bertz CT molecular complexity index is 692. The van der Waals surface area contributed by atoms with Crippen LogP contribution in [-0.4, -0.2) is 79.3 Å². The van der Waals surface area contributed by atoms with Crippen molar-refractivity contribution >= 4 is 0 Å². The summed E-state index contributed by atoms with van der Waals surface area (Å²) in [5.74, 6) is 0. The third kappa shape index (κ3) is 3.55. The van der Waals surface area contributed by atoms with Crippen LogP contribution in [0.5, 0.6) is 0 Å². The van der Waals surface area contributed by atoms with E-state index in [1.165, 1.54) is 30.8 Å². The Balaban J connectivity index is 1.28. The fraction of sp³-hybridized carbons (Fsp3) is 0.478. The minimum Gasteiger partial charge on any atom is -0.378 e. The third-order valence-corrected chi connectivity index (χ3v) is 6.47. The van der Waals surface area contributed by atoms with Crippen molar-refractivity contribution in [2.75, 3.05) is 52.5 Å². The second-order valence-electron chi connectivity index (χ2n) is 8.09. The van der Waals surface area contributed by atoms with Crippen molar-refractivity contribution in [2.45, 2.75) is 18.1 Å². The quantitative estimate of drug-likeness (QED) is 0.831. The summed E-state index contributed by atoms with van der Waals surface area (Å²) in [6, 6.07) is 23.6. The van der Waals surface area contributed by atoms with E-state index in [0.717, 1.165) is 32.8 Å². The van der Waals surface area contributed by atoms with E-state index in [1.807, 2.05) is 0 Å². The number of nitrogens with zero attached hydrogens (tertiary/aromatic N) is 3. The topological polar surface area (TPSA) is 19.0 Å². The minimum atomic E-state index is 0.364. The van der Waals surface area contributed by atoms with Crippen LogP contribution in [0.15, 0.2) is 60.7 Å². The molecule has 0 radical (unpaired) electrons. The number of piperazine rings is 1. The molecule has 142 valence electrons. The van der Waals surface area contributed by atoms with E-state index in [1.54, 1.807) is 0 Å². The second kappa shape index (κ2) is 7.72. The summed E-state index contributed by atoms with van der Waals surface area (Å²) >= 11 is 0. The third-order valence-electron chi connectivity index (χ3n) is 6.47. The first-order valence-electron chi connectivity index (χ1n) is 10.3. The van der Waals surface area contributed by atoms with Crippen molar-refractivity contribution in [3.05, 3.63) is 71.8 Å². The highest BCUT2D eigenvalue weighted by Gasteiger charge is 2.40. The molecule has 3 saturated heterocycles. The summed E-state index contributed by atoms with van der Waals surface area (Å²) in [5, 5.41) is 0. The zero-order valence-corrected chi connectivity index (χ0v) is 15.9. The van der Waals surface area contributed by atoms with Crippen LogP contribution in [-0.2, 0) is 4.74 Å². The van der Waals surface area contributed by atoms with Gasteiger partial charge in [0.05, 0.1) is 19.3 Å². The summed E-state index contributed by atoms with van der Waals surface area (Å²) in [5.41, 5.74) is 2.79. The average Bonchev–Trinajstić information content (AvgIpc) is 2.71. The zero-order chi connectivity index (χ0) is 18.1. The molecular weight excluding hydrogens is 334 g/mol. The molecule has 3 aliphatic heterocycles. The lowest BCUT2D eigenvalue weighted by Crippen LogP contribution is -2.66. The van der Waals surface area contributed by atoms with E-state index in [9.17, 15) is 0 Å². The molecule has 1 unspecified atom stereocenters. The second-order valence-corrected chi connectivity index (χ2v) is 8.09. The molecule has 0 amide bonds. The molecule has 0 N–H and O–H groups in total. The largest absolute Gasteiger partial charge is 0.378 e. The molecule has 4 heteroatoms. The molecule has 2 aromatic rings. The number of benzene rings is 2. The predicted molar refractivity (Wildman–Crippen MR) is 108 cm³/mol. The van der Waals surface area contributed by atoms with Crippen LogP contribution in [0.2, 0.25) is 0 Å². The molecular formula is C23H29N3O. The van der Waals surface area contributed by atoms with Crippen molar-refractivity contribution in [2.24, 2.45) is 0 Å². The number of fused-ring (bicyclic) bond motifs is 1. The van der Waals surface area contributed by atoms with Crippen molar-refractivity contribution < 1.29 is 4.74 Å². The molecule has 3 heterocycles. The number of hydrogen-bond acceptors (Lipinski definition) is 4. The molecule has 27 heavy (non-hydrogen) atoms. The molecule has 0 spiro atoms. The van der Waals surface area contributed by atoms with E-state index in [2.05, 4.69) is 75.4 Å². The van der Waals surface area contributed by atoms with E-state index >= 15 is 0 Å².